The highest BCUT2D eigenvalue weighted by atomic mass is 32.2. The fraction of sp³-hybridized carbons (Fsp3) is 0.316. The Morgan fingerprint density at radius 3 is 2.46 bits per heavy atom. The van der Waals surface area contributed by atoms with Crippen LogP contribution in [0.25, 0.3) is 0 Å². The van der Waals surface area contributed by atoms with E-state index in [1.165, 1.54) is 30.3 Å². The highest BCUT2D eigenvalue weighted by molar-refractivity contribution is 7.91. The van der Waals surface area contributed by atoms with Crippen LogP contribution in [-0.2, 0) is 9.84 Å². The van der Waals surface area contributed by atoms with Crippen LogP contribution in [0.15, 0.2) is 47.4 Å². The van der Waals surface area contributed by atoms with Crippen molar-refractivity contribution >= 4 is 21.4 Å². The molecule has 26 heavy (non-hydrogen) atoms. The van der Waals surface area contributed by atoms with Crippen molar-refractivity contribution in [1.29, 1.82) is 0 Å². The van der Waals surface area contributed by atoms with E-state index in [4.69, 9.17) is 0 Å². The Hall–Kier alpha value is -2.28. The summed E-state index contributed by atoms with van der Waals surface area (Å²) in [7, 11) is -3.47. The van der Waals surface area contributed by atoms with Gasteiger partial charge >= 0.3 is 0 Å². The van der Waals surface area contributed by atoms with Gasteiger partial charge in [0.25, 0.3) is 5.91 Å². The fourth-order valence-corrected chi connectivity index (χ4v) is 4.93. The average Bonchev–Trinajstić information content (AvgIpc) is 3.10. The molecule has 0 heterocycles. The maximum absolute atomic E-state index is 13.2. The van der Waals surface area contributed by atoms with Gasteiger partial charge in [0.2, 0.25) is 0 Å². The second kappa shape index (κ2) is 7.53. The van der Waals surface area contributed by atoms with Gasteiger partial charge in [-0.15, -0.1) is 0 Å². The summed E-state index contributed by atoms with van der Waals surface area (Å²) in [5.41, 5.74) is 0.232. The van der Waals surface area contributed by atoms with Crippen molar-refractivity contribution in [2.75, 3.05) is 11.1 Å². The number of halogens is 2. The molecule has 4 nitrogen and oxygen atoms in total. The normalized spacial score (nSPS) is 15.2. The van der Waals surface area contributed by atoms with E-state index in [0.717, 1.165) is 37.8 Å². The Bertz CT molecular complexity index is 922. The van der Waals surface area contributed by atoms with Crippen molar-refractivity contribution in [2.45, 2.75) is 30.6 Å². The fourth-order valence-electron chi connectivity index (χ4n) is 3.19. The molecule has 0 unspecified atom stereocenters. The minimum absolute atomic E-state index is 0.0846. The second-order valence-corrected chi connectivity index (χ2v) is 8.58. The number of rotatable bonds is 5. The molecule has 138 valence electrons. The van der Waals surface area contributed by atoms with Crippen LogP contribution in [0.2, 0.25) is 0 Å². The number of hydrogen-bond donors (Lipinski definition) is 1. The molecule has 2 aromatic rings. The van der Waals surface area contributed by atoms with E-state index in [0.29, 0.717) is 0 Å². The molecule has 1 saturated carbocycles. The van der Waals surface area contributed by atoms with Crippen molar-refractivity contribution in [3.05, 3.63) is 59.7 Å². The van der Waals surface area contributed by atoms with Gasteiger partial charge in [-0.05, 0) is 49.1 Å². The first-order valence-electron chi connectivity index (χ1n) is 8.44. The maximum atomic E-state index is 13.2. The number of hydrogen-bond acceptors (Lipinski definition) is 3. The van der Waals surface area contributed by atoms with Crippen LogP contribution in [0.4, 0.5) is 14.5 Å². The molecule has 2 aromatic carbocycles. The van der Waals surface area contributed by atoms with Crippen molar-refractivity contribution < 1.29 is 22.0 Å². The van der Waals surface area contributed by atoms with Gasteiger partial charge in [0.05, 0.1) is 10.6 Å². The zero-order chi connectivity index (χ0) is 18.7. The number of amides is 1. The molecule has 0 atom stereocenters. The number of sulfone groups is 1. The third kappa shape index (κ3) is 4.27. The molecule has 0 saturated heterocycles. The molecular formula is C19H19F2NO3S. The lowest BCUT2D eigenvalue weighted by atomic mass is 10.1. The van der Waals surface area contributed by atoms with E-state index in [-0.39, 0.29) is 27.8 Å². The van der Waals surface area contributed by atoms with Crippen LogP contribution in [0.5, 0.6) is 0 Å². The van der Waals surface area contributed by atoms with E-state index in [2.05, 4.69) is 5.32 Å². The average molecular weight is 379 g/mol. The van der Waals surface area contributed by atoms with Crippen LogP contribution < -0.4 is 5.32 Å². The lowest BCUT2D eigenvalue weighted by Crippen LogP contribution is -2.16. The van der Waals surface area contributed by atoms with Crippen molar-refractivity contribution in [2.24, 2.45) is 5.92 Å². The van der Waals surface area contributed by atoms with Gasteiger partial charge in [0.15, 0.2) is 21.5 Å². The molecular weight excluding hydrogens is 360 g/mol. The molecule has 0 bridgehead atoms. The van der Waals surface area contributed by atoms with E-state index in [9.17, 15) is 22.0 Å². The Kier molecular flexibility index (Phi) is 5.36. The van der Waals surface area contributed by atoms with Gasteiger partial charge in [0.1, 0.15) is 0 Å². The van der Waals surface area contributed by atoms with Crippen LogP contribution in [-0.4, -0.2) is 20.1 Å². The highest BCUT2D eigenvalue weighted by Crippen LogP contribution is 2.28. The number of carbonyl (C=O) groups is 1. The van der Waals surface area contributed by atoms with E-state index in [1.807, 2.05) is 0 Å². The zero-order valence-electron chi connectivity index (χ0n) is 14.0. The summed E-state index contributed by atoms with van der Waals surface area (Å²) >= 11 is 0. The quantitative estimate of drug-likeness (QED) is 0.848. The molecule has 1 N–H and O–H groups in total. The van der Waals surface area contributed by atoms with Gasteiger partial charge in [0, 0.05) is 17.3 Å². The van der Waals surface area contributed by atoms with Gasteiger partial charge in [-0.25, -0.2) is 17.2 Å². The number of anilines is 1. The third-order valence-electron chi connectivity index (χ3n) is 4.56. The molecule has 0 aromatic heterocycles. The smallest absolute Gasteiger partial charge is 0.255 e. The molecule has 1 amide bonds. The summed E-state index contributed by atoms with van der Waals surface area (Å²) < 4.78 is 51.4. The monoisotopic (exact) mass is 379 g/mol. The topological polar surface area (TPSA) is 63.2 Å². The van der Waals surface area contributed by atoms with E-state index < -0.39 is 27.4 Å². The molecule has 3 rings (SSSR count). The van der Waals surface area contributed by atoms with E-state index >= 15 is 0 Å². The molecule has 0 aliphatic heterocycles. The van der Waals surface area contributed by atoms with Crippen LogP contribution in [0.3, 0.4) is 0 Å². The molecule has 1 aliphatic rings. The minimum Gasteiger partial charge on any atom is -0.322 e. The summed E-state index contributed by atoms with van der Waals surface area (Å²) in [6, 6.07) is 8.78. The number of benzene rings is 2. The zero-order valence-corrected chi connectivity index (χ0v) is 14.9. The summed E-state index contributed by atoms with van der Waals surface area (Å²) in [5.74, 6) is -2.42. The second-order valence-electron chi connectivity index (χ2n) is 6.54. The summed E-state index contributed by atoms with van der Waals surface area (Å²) in [5, 5.41) is 2.44. The lowest BCUT2D eigenvalue weighted by Gasteiger charge is -2.11. The first-order valence-corrected chi connectivity index (χ1v) is 10.1. The van der Waals surface area contributed by atoms with Crippen molar-refractivity contribution in [3.8, 4) is 0 Å². The number of carbonyl (C=O) groups excluding carboxylic acids is 1. The van der Waals surface area contributed by atoms with Gasteiger partial charge in [-0.1, -0.05) is 18.9 Å². The summed E-state index contributed by atoms with van der Waals surface area (Å²) in [6.07, 6.45) is 3.93. The van der Waals surface area contributed by atoms with Gasteiger partial charge < -0.3 is 5.32 Å². The molecule has 0 spiro atoms. The largest absolute Gasteiger partial charge is 0.322 e. The maximum Gasteiger partial charge on any atom is 0.255 e. The first-order chi connectivity index (χ1) is 12.3. The first kappa shape index (κ1) is 18.5. The Balaban J connectivity index is 1.77. The van der Waals surface area contributed by atoms with Gasteiger partial charge in [-0.3, -0.25) is 4.79 Å². The predicted octanol–water partition coefficient (Wildman–Crippen LogP) is 4.18. The molecule has 7 heteroatoms. The van der Waals surface area contributed by atoms with Crippen molar-refractivity contribution in [1.82, 2.24) is 0 Å². The Morgan fingerprint density at radius 1 is 1.04 bits per heavy atom. The van der Waals surface area contributed by atoms with Crippen LogP contribution >= 0.6 is 0 Å². The minimum atomic E-state index is -3.47. The van der Waals surface area contributed by atoms with Crippen LogP contribution in [0, 0.1) is 17.6 Å². The Labute approximate surface area is 151 Å². The van der Waals surface area contributed by atoms with E-state index in [1.54, 1.807) is 0 Å². The standard InChI is InChI=1S/C19H19F2NO3S/c20-17-9-8-15(11-18(17)21)22-19(23)14-6-3-7-16(10-14)26(24,25)12-13-4-1-2-5-13/h3,6-11,13H,1-2,4-5,12H2,(H,22,23). The lowest BCUT2D eigenvalue weighted by molar-refractivity contribution is 0.102. The predicted molar refractivity (Wildman–Crippen MR) is 94.8 cm³/mol. The highest BCUT2D eigenvalue weighted by Gasteiger charge is 2.24. The summed E-state index contributed by atoms with van der Waals surface area (Å²) in [6.45, 7) is 0. The number of nitrogens with one attached hydrogen (secondary N) is 1. The van der Waals surface area contributed by atoms with Crippen molar-refractivity contribution in [3.63, 3.8) is 0 Å². The molecule has 1 aliphatic carbocycles. The van der Waals surface area contributed by atoms with Crippen LogP contribution in [0.1, 0.15) is 36.0 Å². The molecule has 0 radical (unpaired) electrons. The Morgan fingerprint density at radius 2 is 1.77 bits per heavy atom. The van der Waals surface area contributed by atoms with Gasteiger partial charge in [-0.2, -0.15) is 0 Å². The third-order valence-corrected chi connectivity index (χ3v) is 6.45. The summed E-state index contributed by atoms with van der Waals surface area (Å²) in [4.78, 5) is 12.4. The SMILES string of the molecule is O=C(Nc1ccc(F)c(F)c1)c1cccc(S(=O)(=O)CC2CCCC2)c1. The molecule has 1 fully saturated rings.